The number of aliphatic carboxylic acids is 1. The topological polar surface area (TPSA) is 78.4 Å². The van der Waals surface area contributed by atoms with Crippen molar-refractivity contribution >= 4 is 12.0 Å². The number of carboxylic acids is 1. The molecule has 2 amide bonds. The van der Waals surface area contributed by atoms with Crippen LogP contribution in [0.2, 0.25) is 0 Å². The monoisotopic (exact) mass is 200 g/mol. The second-order valence-electron chi connectivity index (χ2n) is 3.80. The lowest BCUT2D eigenvalue weighted by molar-refractivity contribution is -0.138. The molecule has 80 valence electrons. The lowest BCUT2D eigenvalue weighted by Crippen LogP contribution is -2.47. The van der Waals surface area contributed by atoms with Crippen LogP contribution in [0.15, 0.2) is 0 Å². The fourth-order valence-electron chi connectivity index (χ4n) is 1.22. The molecule has 1 fully saturated rings. The van der Waals surface area contributed by atoms with Crippen LogP contribution in [0.4, 0.5) is 4.79 Å². The van der Waals surface area contributed by atoms with Crippen molar-refractivity contribution < 1.29 is 14.7 Å². The molecule has 0 saturated heterocycles. The minimum Gasteiger partial charge on any atom is -0.480 e. The molecule has 0 bridgehead atoms. The Morgan fingerprint density at radius 1 is 1.29 bits per heavy atom. The van der Waals surface area contributed by atoms with Crippen LogP contribution in [-0.4, -0.2) is 29.2 Å². The summed E-state index contributed by atoms with van der Waals surface area (Å²) in [5.74, 6) is -0.458. The van der Waals surface area contributed by atoms with Crippen LogP contribution in [0, 0.1) is 5.92 Å². The molecule has 2 atom stereocenters. The van der Waals surface area contributed by atoms with E-state index in [-0.39, 0.29) is 6.04 Å². The number of nitrogens with one attached hydrogen (secondary N) is 2. The smallest absolute Gasteiger partial charge is 0.325 e. The summed E-state index contributed by atoms with van der Waals surface area (Å²) in [6, 6.07) is -1.11. The summed E-state index contributed by atoms with van der Waals surface area (Å²) in [6.07, 6.45) is 2.30. The first-order chi connectivity index (χ1) is 6.50. The molecule has 1 saturated carbocycles. The van der Waals surface area contributed by atoms with Gasteiger partial charge >= 0.3 is 12.0 Å². The van der Waals surface area contributed by atoms with E-state index in [0.717, 1.165) is 12.8 Å². The van der Waals surface area contributed by atoms with Crippen LogP contribution in [0.3, 0.4) is 0 Å². The zero-order valence-electron chi connectivity index (χ0n) is 8.41. The Morgan fingerprint density at radius 3 is 2.29 bits per heavy atom. The number of hydrogen-bond donors (Lipinski definition) is 3. The Balaban J connectivity index is 2.24. The lowest BCUT2D eigenvalue weighted by atomic mass is 10.2. The van der Waals surface area contributed by atoms with Crippen LogP contribution in [0.5, 0.6) is 0 Å². The maximum atomic E-state index is 11.2. The largest absolute Gasteiger partial charge is 0.480 e. The number of amides is 2. The number of urea groups is 1. The van der Waals surface area contributed by atoms with Crippen molar-refractivity contribution in [2.45, 2.75) is 38.8 Å². The highest BCUT2D eigenvalue weighted by atomic mass is 16.4. The molecule has 1 aliphatic rings. The maximum Gasteiger partial charge on any atom is 0.325 e. The normalized spacial score (nSPS) is 19.6. The van der Waals surface area contributed by atoms with Gasteiger partial charge in [-0.25, -0.2) is 4.79 Å². The van der Waals surface area contributed by atoms with Crippen molar-refractivity contribution in [2.24, 2.45) is 5.92 Å². The Hall–Kier alpha value is -1.26. The predicted molar refractivity (Wildman–Crippen MR) is 51.0 cm³/mol. The number of hydrogen-bond acceptors (Lipinski definition) is 2. The molecule has 0 spiro atoms. The molecule has 0 heterocycles. The average molecular weight is 200 g/mol. The molecule has 0 aromatic carbocycles. The summed E-state index contributed by atoms with van der Waals surface area (Å²) in [6.45, 7) is 3.37. The van der Waals surface area contributed by atoms with E-state index in [4.69, 9.17) is 5.11 Å². The van der Waals surface area contributed by atoms with Crippen molar-refractivity contribution in [1.29, 1.82) is 0 Å². The van der Waals surface area contributed by atoms with Gasteiger partial charge in [0.25, 0.3) is 0 Å². The highest BCUT2D eigenvalue weighted by Crippen LogP contribution is 2.32. The predicted octanol–water partition coefficient (Wildman–Crippen LogP) is 0.557. The Bertz CT molecular complexity index is 238. The van der Waals surface area contributed by atoms with Gasteiger partial charge in [-0.05, 0) is 32.6 Å². The summed E-state index contributed by atoms with van der Waals surface area (Å²) < 4.78 is 0. The molecule has 14 heavy (non-hydrogen) atoms. The fraction of sp³-hybridized carbons (Fsp3) is 0.778. The number of carboxylic acid groups (broad SMARTS) is 1. The molecule has 1 rings (SSSR count). The van der Waals surface area contributed by atoms with E-state index in [1.54, 1.807) is 0 Å². The van der Waals surface area contributed by atoms with E-state index in [0.29, 0.717) is 5.92 Å². The molecular weight excluding hydrogens is 184 g/mol. The van der Waals surface area contributed by atoms with Gasteiger partial charge in [0.05, 0.1) is 0 Å². The second kappa shape index (κ2) is 4.30. The molecule has 0 aromatic heterocycles. The van der Waals surface area contributed by atoms with Gasteiger partial charge in [0.15, 0.2) is 0 Å². The summed E-state index contributed by atoms with van der Waals surface area (Å²) >= 11 is 0. The van der Waals surface area contributed by atoms with Crippen molar-refractivity contribution in [3.63, 3.8) is 0 Å². The Labute approximate surface area is 82.9 Å². The molecule has 3 N–H and O–H groups in total. The van der Waals surface area contributed by atoms with Gasteiger partial charge in [0.1, 0.15) is 6.04 Å². The van der Waals surface area contributed by atoms with Gasteiger partial charge in [-0.3, -0.25) is 4.79 Å². The van der Waals surface area contributed by atoms with Crippen molar-refractivity contribution in [2.75, 3.05) is 0 Å². The van der Waals surface area contributed by atoms with E-state index >= 15 is 0 Å². The maximum absolute atomic E-state index is 11.2. The summed E-state index contributed by atoms with van der Waals surface area (Å²) in [5, 5.41) is 13.6. The molecule has 5 heteroatoms. The quantitative estimate of drug-likeness (QED) is 0.620. The third kappa shape index (κ3) is 3.24. The molecule has 0 aliphatic heterocycles. The summed E-state index contributed by atoms with van der Waals surface area (Å²) in [7, 11) is 0. The SMILES string of the molecule is CC(NC(=O)N[C@@H](C)C(=O)O)C1CC1. The van der Waals surface area contributed by atoms with Crippen LogP contribution >= 0.6 is 0 Å². The van der Waals surface area contributed by atoms with E-state index in [9.17, 15) is 9.59 Å². The van der Waals surface area contributed by atoms with Crippen LogP contribution in [0.25, 0.3) is 0 Å². The highest BCUT2D eigenvalue weighted by molar-refractivity contribution is 5.82. The summed E-state index contributed by atoms with van der Waals surface area (Å²) in [4.78, 5) is 21.6. The Morgan fingerprint density at radius 2 is 1.86 bits per heavy atom. The van der Waals surface area contributed by atoms with Gasteiger partial charge in [0.2, 0.25) is 0 Å². The van der Waals surface area contributed by atoms with Gasteiger partial charge in [0, 0.05) is 6.04 Å². The lowest BCUT2D eigenvalue weighted by Gasteiger charge is -2.15. The fourth-order valence-corrected chi connectivity index (χ4v) is 1.22. The van der Waals surface area contributed by atoms with E-state index in [2.05, 4.69) is 10.6 Å². The average Bonchev–Trinajstić information content (AvgIpc) is 2.85. The zero-order valence-corrected chi connectivity index (χ0v) is 8.41. The second-order valence-corrected chi connectivity index (χ2v) is 3.80. The number of rotatable bonds is 4. The van der Waals surface area contributed by atoms with Crippen LogP contribution in [-0.2, 0) is 4.79 Å². The molecule has 5 nitrogen and oxygen atoms in total. The minimum atomic E-state index is -1.03. The standard InChI is InChI=1S/C9H16N2O3/c1-5(7-3-4-7)10-9(14)11-6(2)8(12)13/h5-7H,3-4H2,1-2H3,(H,12,13)(H2,10,11,14)/t5?,6-/m0/s1. The van der Waals surface area contributed by atoms with E-state index < -0.39 is 18.0 Å². The van der Waals surface area contributed by atoms with Crippen LogP contribution < -0.4 is 10.6 Å². The summed E-state index contributed by atoms with van der Waals surface area (Å²) in [5.41, 5.74) is 0. The van der Waals surface area contributed by atoms with Gasteiger partial charge in [-0.2, -0.15) is 0 Å². The molecule has 0 aromatic rings. The third-order valence-electron chi connectivity index (χ3n) is 2.41. The molecule has 0 radical (unpaired) electrons. The minimum absolute atomic E-state index is 0.135. The molecule has 1 aliphatic carbocycles. The van der Waals surface area contributed by atoms with Gasteiger partial charge in [-0.1, -0.05) is 0 Å². The molecule has 1 unspecified atom stereocenters. The first-order valence-electron chi connectivity index (χ1n) is 4.80. The number of carbonyl (C=O) groups is 2. The first kappa shape index (κ1) is 10.8. The highest BCUT2D eigenvalue weighted by Gasteiger charge is 2.29. The molecular formula is C9H16N2O3. The third-order valence-corrected chi connectivity index (χ3v) is 2.41. The van der Waals surface area contributed by atoms with Crippen molar-refractivity contribution in [3.05, 3.63) is 0 Å². The van der Waals surface area contributed by atoms with Crippen molar-refractivity contribution in [3.8, 4) is 0 Å². The number of carbonyl (C=O) groups excluding carboxylic acids is 1. The van der Waals surface area contributed by atoms with Crippen molar-refractivity contribution in [1.82, 2.24) is 10.6 Å². The Kier molecular flexibility index (Phi) is 3.33. The van der Waals surface area contributed by atoms with E-state index in [1.165, 1.54) is 6.92 Å². The van der Waals surface area contributed by atoms with Gasteiger partial charge in [-0.15, -0.1) is 0 Å². The van der Waals surface area contributed by atoms with Crippen LogP contribution in [0.1, 0.15) is 26.7 Å². The first-order valence-corrected chi connectivity index (χ1v) is 4.80. The van der Waals surface area contributed by atoms with Gasteiger partial charge < -0.3 is 15.7 Å². The van der Waals surface area contributed by atoms with E-state index in [1.807, 2.05) is 6.92 Å². The zero-order chi connectivity index (χ0) is 10.7.